The average Bonchev–Trinajstić information content (AvgIpc) is 2.47. The highest BCUT2D eigenvalue weighted by Crippen LogP contribution is 2.26. The van der Waals surface area contributed by atoms with Gasteiger partial charge in [0.2, 0.25) is 0 Å². The summed E-state index contributed by atoms with van der Waals surface area (Å²) in [6.07, 6.45) is 2.98. The van der Waals surface area contributed by atoms with Crippen LogP contribution < -0.4 is 16.0 Å². The van der Waals surface area contributed by atoms with E-state index in [0.717, 1.165) is 5.69 Å². The molecular weight excluding hydrogens is 158 g/mol. The van der Waals surface area contributed by atoms with Crippen LogP contribution in [0.5, 0.6) is 0 Å². The fourth-order valence-corrected chi connectivity index (χ4v) is 1.08. The molecule has 0 saturated carbocycles. The summed E-state index contributed by atoms with van der Waals surface area (Å²) in [5, 5.41) is 2.93. The quantitative estimate of drug-likeness (QED) is 0.555. The zero-order valence-corrected chi connectivity index (χ0v) is 6.19. The fourth-order valence-electron chi connectivity index (χ4n) is 1.08. The highest BCUT2D eigenvalue weighted by molar-refractivity contribution is 5.95. The Morgan fingerprint density at radius 1 is 1.75 bits per heavy atom. The van der Waals surface area contributed by atoms with Crippen LogP contribution in [-0.2, 0) is 0 Å². The smallest absolute Gasteiger partial charge is 0.322 e. The molecule has 2 rings (SSSR count). The lowest BCUT2D eigenvalue weighted by atomic mass is 10.5. The second kappa shape index (κ2) is 2.33. The summed E-state index contributed by atoms with van der Waals surface area (Å²) in [5.41, 5.74) is 5.83. The Morgan fingerprint density at radius 2 is 2.58 bits per heavy atom. The number of hydrogen-bond donors (Lipinski definition) is 2. The molecular formula is C6H7N5O. The molecule has 6 heteroatoms. The van der Waals surface area contributed by atoms with Gasteiger partial charge in [0.1, 0.15) is 6.33 Å². The van der Waals surface area contributed by atoms with Crippen LogP contribution in [0.1, 0.15) is 0 Å². The summed E-state index contributed by atoms with van der Waals surface area (Å²) >= 11 is 0. The van der Waals surface area contributed by atoms with E-state index in [1.165, 1.54) is 11.2 Å². The largest absolute Gasteiger partial charge is 0.363 e. The number of nitrogens with two attached hydrogens (primary N) is 1. The van der Waals surface area contributed by atoms with Crippen molar-refractivity contribution < 1.29 is 4.79 Å². The van der Waals surface area contributed by atoms with Crippen LogP contribution in [0.15, 0.2) is 12.5 Å². The maximum atomic E-state index is 10.8. The lowest BCUT2D eigenvalue weighted by Gasteiger charge is -2.09. The van der Waals surface area contributed by atoms with Crippen molar-refractivity contribution in [2.75, 3.05) is 16.9 Å². The van der Waals surface area contributed by atoms with Gasteiger partial charge in [-0.15, -0.1) is 0 Å². The van der Waals surface area contributed by atoms with Gasteiger partial charge >= 0.3 is 6.03 Å². The molecule has 1 aromatic rings. The van der Waals surface area contributed by atoms with E-state index in [1.807, 2.05) is 0 Å². The van der Waals surface area contributed by atoms with Crippen molar-refractivity contribution in [1.29, 1.82) is 0 Å². The number of rotatable bonds is 0. The van der Waals surface area contributed by atoms with Crippen LogP contribution in [0.3, 0.4) is 0 Å². The van der Waals surface area contributed by atoms with Crippen LogP contribution >= 0.6 is 0 Å². The molecule has 62 valence electrons. The summed E-state index contributed by atoms with van der Waals surface area (Å²) in [6, 6.07) is -0.514. The highest BCUT2D eigenvalue weighted by atomic mass is 16.2. The van der Waals surface area contributed by atoms with Crippen molar-refractivity contribution in [3.63, 3.8) is 0 Å². The zero-order chi connectivity index (χ0) is 8.55. The minimum atomic E-state index is -0.514. The first-order valence-electron chi connectivity index (χ1n) is 3.40. The predicted molar refractivity (Wildman–Crippen MR) is 42.6 cm³/mol. The van der Waals surface area contributed by atoms with Gasteiger partial charge in [-0.2, -0.15) is 0 Å². The topological polar surface area (TPSA) is 84.1 Å². The number of nitrogens with one attached hydrogen (secondary N) is 1. The van der Waals surface area contributed by atoms with E-state index < -0.39 is 6.03 Å². The Kier molecular flexibility index (Phi) is 1.33. The number of urea groups is 1. The van der Waals surface area contributed by atoms with Gasteiger partial charge in [-0.3, -0.25) is 4.90 Å². The number of anilines is 2. The first-order chi connectivity index (χ1) is 5.79. The van der Waals surface area contributed by atoms with Crippen LogP contribution in [-0.4, -0.2) is 22.7 Å². The zero-order valence-electron chi connectivity index (χ0n) is 6.19. The molecule has 0 spiro atoms. The number of primary amides is 1. The van der Waals surface area contributed by atoms with Gasteiger partial charge in [-0.1, -0.05) is 0 Å². The number of aromatic nitrogens is 2. The third-order valence-electron chi connectivity index (χ3n) is 1.64. The molecule has 0 aromatic carbocycles. The van der Waals surface area contributed by atoms with E-state index in [1.54, 1.807) is 6.20 Å². The standard InChI is InChI=1S/C6H7N5O/c7-6(12)11-3-10-4-1-8-2-9-5(4)11/h1-2,10H,3H2,(H2,7,12). The monoisotopic (exact) mass is 165 g/mol. The Morgan fingerprint density at radius 3 is 3.33 bits per heavy atom. The molecule has 0 atom stereocenters. The van der Waals surface area contributed by atoms with Gasteiger partial charge in [0.15, 0.2) is 5.82 Å². The van der Waals surface area contributed by atoms with Crippen LogP contribution in [0, 0.1) is 0 Å². The molecule has 3 N–H and O–H groups in total. The second-order valence-electron chi connectivity index (χ2n) is 2.36. The van der Waals surface area contributed by atoms with Crippen LogP contribution in [0.4, 0.5) is 16.3 Å². The minimum Gasteiger partial charge on any atom is -0.363 e. The molecule has 1 aliphatic heterocycles. The van der Waals surface area contributed by atoms with Crippen molar-refractivity contribution in [3.8, 4) is 0 Å². The molecule has 2 heterocycles. The van der Waals surface area contributed by atoms with E-state index >= 15 is 0 Å². The van der Waals surface area contributed by atoms with E-state index in [9.17, 15) is 4.79 Å². The summed E-state index contributed by atoms with van der Waals surface area (Å²) in [5.74, 6) is 0.539. The predicted octanol–water partition coefficient (Wildman–Crippen LogP) is -0.255. The maximum Gasteiger partial charge on any atom is 0.322 e. The third-order valence-corrected chi connectivity index (χ3v) is 1.64. The Balaban J connectivity index is 2.42. The first-order valence-corrected chi connectivity index (χ1v) is 3.40. The highest BCUT2D eigenvalue weighted by Gasteiger charge is 2.23. The summed E-state index contributed by atoms with van der Waals surface area (Å²) in [7, 11) is 0. The van der Waals surface area contributed by atoms with Crippen LogP contribution in [0.2, 0.25) is 0 Å². The van der Waals surface area contributed by atoms with Crippen molar-refractivity contribution in [2.45, 2.75) is 0 Å². The average molecular weight is 165 g/mol. The number of nitrogens with zero attached hydrogens (tertiary/aromatic N) is 3. The molecule has 0 radical (unpaired) electrons. The molecule has 2 amide bonds. The van der Waals surface area contributed by atoms with E-state index in [-0.39, 0.29) is 0 Å². The van der Waals surface area contributed by atoms with Gasteiger partial charge < -0.3 is 11.1 Å². The van der Waals surface area contributed by atoms with E-state index in [2.05, 4.69) is 15.3 Å². The Labute approximate surface area is 68.4 Å². The number of carbonyl (C=O) groups excluding carboxylic acids is 1. The molecule has 0 aliphatic carbocycles. The Hall–Kier alpha value is -1.85. The van der Waals surface area contributed by atoms with Gasteiger partial charge in [0.05, 0.1) is 18.6 Å². The number of fused-ring (bicyclic) bond motifs is 1. The van der Waals surface area contributed by atoms with Gasteiger partial charge in [0, 0.05) is 0 Å². The normalized spacial score (nSPS) is 13.8. The molecule has 12 heavy (non-hydrogen) atoms. The molecule has 1 aliphatic rings. The van der Waals surface area contributed by atoms with Gasteiger partial charge in [-0.25, -0.2) is 14.8 Å². The van der Waals surface area contributed by atoms with Gasteiger partial charge in [-0.05, 0) is 0 Å². The van der Waals surface area contributed by atoms with E-state index in [4.69, 9.17) is 5.73 Å². The van der Waals surface area contributed by atoms with E-state index in [0.29, 0.717) is 12.5 Å². The first kappa shape index (κ1) is 6.84. The molecule has 0 fully saturated rings. The second-order valence-corrected chi connectivity index (χ2v) is 2.36. The summed E-state index contributed by atoms with van der Waals surface area (Å²) < 4.78 is 0. The summed E-state index contributed by atoms with van der Waals surface area (Å²) in [4.78, 5) is 19.9. The maximum absolute atomic E-state index is 10.8. The molecule has 6 nitrogen and oxygen atoms in total. The van der Waals surface area contributed by atoms with Crippen molar-refractivity contribution in [1.82, 2.24) is 9.97 Å². The molecule has 1 aromatic heterocycles. The molecule has 0 bridgehead atoms. The van der Waals surface area contributed by atoms with Crippen molar-refractivity contribution >= 4 is 17.5 Å². The Bertz CT molecular complexity index is 325. The van der Waals surface area contributed by atoms with Gasteiger partial charge in [0.25, 0.3) is 0 Å². The molecule has 0 unspecified atom stereocenters. The fraction of sp³-hybridized carbons (Fsp3) is 0.167. The lowest BCUT2D eigenvalue weighted by Crippen LogP contribution is -2.35. The number of hydrogen-bond acceptors (Lipinski definition) is 4. The summed E-state index contributed by atoms with van der Waals surface area (Å²) in [6.45, 7) is 0.364. The van der Waals surface area contributed by atoms with Crippen LogP contribution in [0.25, 0.3) is 0 Å². The minimum absolute atomic E-state index is 0.364. The van der Waals surface area contributed by atoms with Crippen molar-refractivity contribution in [3.05, 3.63) is 12.5 Å². The number of carbonyl (C=O) groups is 1. The lowest BCUT2D eigenvalue weighted by molar-refractivity contribution is 0.254. The number of amides is 2. The SMILES string of the molecule is NC(=O)N1CNc2cncnc21. The third kappa shape index (κ3) is 0.849. The molecule has 0 saturated heterocycles. The van der Waals surface area contributed by atoms with Crippen molar-refractivity contribution in [2.24, 2.45) is 5.73 Å².